The van der Waals surface area contributed by atoms with E-state index >= 15 is 0 Å². The summed E-state index contributed by atoms with van der Waals surface area (Å²) >= 11 is 0. The number of carbonyl (C=O) groups is 1. The first-order valence-corrected chi connectivity index (χ1v) is 10.4. The molecule has 31 heavy (non-hydrogen) atoms. The van der Waals surface area contributed by atoms with Gasteiger partial charge in [-0.25, -0.2) is 0 Å². The molecule has 0 atom stereocenters. The van der Waals surface area contributed by atoms with Crippen molar-refractivity contribution in [1.82, 2.24) is 9.13 Å². The quantitative estimate of drug-likeness (QED) is 0.649. The minimum Gasteiger partial charge on any atom is -0.378 e. The van der Waals surface area contributed by atoms with Crippen molar-refractivity contribution >= 4 is 28.3 Å². The van der Waals surface area contributed by atoms with Crippen LogP contribution in [-0.4, -0.2) is 41.3 Å². The van der Waals surface area contributed by atoms with E-state index in [0.717, 1.165) is 17.7 Å². The Bertz CT molecular complexity index is 1250. The van der Waals surface area contributed by atoms with Crippen LogP contribution in [0, 0.1) is 0 Å². The van der Waals surface area contributed by atoms with E-state index in [-0.39, 0.29) is 5.91 Å². The standard InChI is InChI=1S/C23H26N4O4/c1-4-15-5-7-16(8-6-15)21(28)24-17-13-19-20(26(3)23(30)22(29)25(19)2)14-18(17)27-9-11-31-12-10-27/h5-8,13-14H,4,9-12H2,1-3H3,(H,24,28). The molecule has 0 radical (unpaired) electrons. The number of carbonyl (C=O) groups excluding carboxylic acids is 1. The molecule has 2 aromatic carbocycles. The predicted molar refractivity (Wildman–Crippen MR) is 121 cm³/mol. The van der Waals surface area contributed by atoms with E-state index in [9.17, 15) is 14.4 Å². The molecular weight excluding hydrogens is 396 g/mol. The number of nitrogens with one attached hydrogen (secondary N) is 1. The average Bonchev–Trinajstić information content (AvgIpc) is 2.81. The summed E-state index contributed by atoms with van der Waals surface area (Å²) in [4.78, 5) is 39.7. The molecule has 0 saturated carbocycles. The Morgan fingerprint density at radius 3 is 2.13 bits per heavy atom. The molecule has 1 saturated heterocycles. The molecule has 1 amide bonds. The largest absolute Gasteiger partial charge is 0.378 e. The first-order valence-electron chi connectivity index (χ1n) is 10.4. The highest BCUT2D eigenvalue weighted by Crippen LogP contribution is 2.31. The Labute approximate surface area is 179 Å². The van der Waals surface area contributed by atoms with Gasteiger partial charge in [-0.3, -0.25) is 14.4 Å². The molecule has 8 heteroatoms. The summed E-state index contributed by atoms with van der Waals surface area (Å²) in [7, 11) is 3.15. The van der Waals surface area contributed by atoms with E-state index in [4.69, 9.17) is 4.74 Å². The fraction of sp³-hybridized carbons (Fsp3) is 0.348. The number of benzene rings is 2. The maximum absolute atomic E-state index is 13.0. The molecule has 0 bridgehead atoms. The molecule has 0 spiro atoms. The van der Waals surface area contributed by atoms with Crippen LogP contribution in [0.3, 0.4) is 0 Å². The monoisotopic (exact) mass is 422 g/mol. The number of hydrogen-bond acceptors (Lipinski definition) is 5. The van der Waals surface area contributed by atoms with E-state index < -0.39 is 11.1 Å². The number of aryl methyl sites for hydroxylation is 3. The SMILES string of the molecule is CCc1ccc(C(=O)Nc2cc3c(cc2N2CCOCC2)n(C)c(=O)c(=O)n3C)cc1. The lowest BCUT2D eigenvalue weighted by molar-refractivity contribution is 0.102. The number of rotatable bonds is 4. The number of hydrogen-bond donors (Lipinski definition) is 1. The predicted octanol–water partition coefficient (Wildman–Crippen LogP) is 1.89. The van der Waals surface area contributed by atoms with Crippen LogP contribution in [0.15, 0.2) is 46.0 Å². The summed E-state index contributed by atoms with van der Waals surface area (Å²) < 4.78 is 8.15. The lowest BCUT2D eigenvalue weighted by Gasteiger charge is -2.31. The first-order chi connectivity index (χ1) is 14.9. The molecule has 1 fully saturated rings. The fourth-order valence-corrected chi connectivity index (χ4v) is 3.86. The normalized spacial score (nSPS) is 14.1. The second kappa shape index (κ2) is 8.39. The minimum atomic E-state index is -0.610. The number of morpholine rings is 1. The van der Waals surface area contributed by atoms with Gasteiger partial charge in [0.15, 0.2) is 0 Å². The van der Waals surface area contributed by atoms with Gasteiger partial charge in [0.1, 0.15) is 0 Å². The van der Waals surface area contributed by atoms with Gasteiger partial charge >= 0.3 is 11.1 Å². The lowest BCUT2D eigenvalue weighted by atomic mass is 10.1. The van der Waals surface area contributed by atoms with Crippen molar-refractivity contribution in [2.45, 2.75) is 13.3 Å². The van der Waals surface area contributed by atoms with Crippen LogP contribution in [0.1, 0.15) is 22.8 Å². The lowest BCUT2D eigenvalue weighted by Crippen LogP contribution is -2.40. The van der Waals surface area contributed by atoms with E-state index in [0.29, 0.717) is 48.6 Å². The molecule has 1 aliphatic rings. The molecular formula is C23H26N4O4. The molecule has 1 aliphatic heterocycles. The molecule has 3 aromatic rings. The Morgan fingerprint density at radius 2 is 1.55 bits per heavy atom. The highest BCUT2D eigenvalue weighted by molar-refractivity contribution is 6.07. The van der Waals surface area contributed by atoms with Crippen LogP contribution in [0.5, 0.6) is 0 Å². The molecule has 162 valence electrons. The molecule has 1 N–H and O–H groups in total. The zero-order valence-electron chi connectivity index (χ0n) is 18.0. The summed E-state index contributed by atoms with van der Waals surface area (Å²) in [6.07, 6.45) is 0.903. The summed E-state index contributed by atoms with van der Waals surface area (Å²) in [6.45, 7) is 4.56. The van der Waals surface area contributed by atoms with Gasteiger partial charge in [-0.2, -0.15) is 0 Å². The summed E-state index contributed by atoms with van der Waals surface area (Å²) in [5.41, 5.74) is 3.10. The second-order valence-corrected chi connectivity index (χ2v) is 7.69. The Balaban J connectivity index is 1.83. The maximum atomic E-state index is 13.0. The van der Waals surface area contributed by atoms with Crippen LogP contribution in [0.25, 0.3) is 11.0 Å². The van der Waals surface area contributed by atoms with Crippen LogP contribution >= 0.6 is 0 Å². The third-order valence-electron chi connectivity index (χ3n) is 5.83. The Morgan fingerprint density at radius 1 is 0.968 bits per heavy atom. The fourth-order valence-electron chi connectivity index (χ4n) is 3.86. The van der Waals surface area contributed by atoms with Gasteiger partial charge in [-0.15, -0.1) is 0 Å². The Kier molecular flexibility index (Phi) is 5.65. The van der Waals surface area contributed by atoms with Crippen molar-refractivity contribution in [2.24, 2.45) is 14.1 Å². The van der Waals surface area contributed by atoms with Crippen molar-refractivity contribution in [1.29, 1.82) is 0 Å². The third-order valence-corrected chi connectivity index (χ3v) is 5.83. The maximum Gasteiger partial charge on any atom is 0.316 e. The molecule has 2 heterocycles. The van der Waals surface area contributed by atoms with Crippen molar-refractivity contribution in [3.63, 3.8) is 0 Å². The number of fused-ring (bicyclic) bond motifs is 1. The Hall–Kier alpha value is -3.39. The zero-order chi connectivity index (χ0) is 22.1. The van der Waals surface area contributed by atoms with Gasteiger partial charge in [-0.05, 0) is 36.2 Å². The first kappa shape index (κ1) is 20.9. The molecule has 0 aliphatic carbocycles. The van der Waals surface area contributed by atoms with Crippen molar-refractivity contribution in [2.75, 3.05) is 36.5 Å². The smallest absolute Gasteiger partial charge is 0.316 e. The number of nitrogens with zero attached hydrogens (tertiary/aromatic N) is 3. The van der Waals surface area contributed by atoms with Crippen molar-refractivity contribution in [3.05, 3.63) is 68.2 Å². The summed E-state index contributed by atoms with van der Waals surface area (Å²) in [5.74, 6) is -0.230. The molecule has 1 aromatic heterocycles. The van der Waals surface area contributed by atoms with Crippen LogP contribution in [-0.2, 0) is 25.3 Å². The van der Waals surface area contributed by atoms with Gasteiger partial charge in [-0.1, -0.05) is 19.1 Å². The summed E-state index contributed by atoms with van der Waals surface area (Å²) in [5, 5.41) is 3.01. The van der Waals surface area contributed by atoms with E-state index in [1.807, 2.05) is 30.3 Å². The highest BCUT2D eigenvalue weighted by atomic mass is 16.5. The number of amides is 1. The van der Waals surface area contributed by atoms with Crippen LogP contribution in [0.4, 0.5) is 11.4 Å². The molecule has 8 nitrogen and oxygen atoms in total. The average molecular weight is 422 g/mol. The third kappa shape index (κ3) is 3.86. The van der Waals surface area contributed by atoms with E-state index in [1.54, 1.807) is 20.2 Å². The number of anilines is 2. The van der Waals surface area contributed by atoms with Gasteiger partial charge < -0.3 is 24.1 Å². The van der Waals surface area contributed by atoms with Crippen LogP contribution in [0.2, 0.25) is 0 Å². The van der Waals surface area contributed by atoms with E-state index in [2.05, 4.69) is 17.1 Å². The number of aromatic nitrogens is 2. The van der Waals surface area contributed by atoms with Crippen LogP contribution < -0.4 is 21.3 Å². The zero-order valence-corrected chi connectivity index (χ0v) is 18.0. The topological polar surface area (TPSA) is 85.6 Å². The van der Waals surface area contributed by atoms with Crippen molar-refractivity contribution in [3.8, 4) is 0 Å². The summed E-state index contributed by atoms with van der Waals surface area (Å²) in [6, 6.07) is 11.1. The second-order valence-electron chi connectivity index (χ2n) is 7.69. The van der Waals surface area contributed by atoms with Gasteiger partial charge in [0.05, 0.1) is 35.6 Å². The minimum absolute atomic E-state index is 0.230. The van der Waals surface area contributed by atoms with Gasteiger partial charge in [0.25, 0.3) is 5.91 Å². The van der Waals surface area contributed by atoms with Gasteiger partial charge in [0.2, 0.25) is 0 Å². The molecule has 4 rings (SSSR count). The van der Waals surface area contributed by atoms with E-state index in [1.165, 1.54) is 9.13 Å². The van der Waals surface area contributed by atoms with Gasteiger partial charge in [0, 0.05) is 32.7 Å². The number of ether oxygens (including phenoxy) is 1. The van der Waals surface area contributed by atoms with Crippen molar-refractivity contribution < 1.29 is 9.53 Å². The highest BCUT2D eigenvalue weighted by Gasteiger charge is 2.20. The molecule has 0 unspecified atom stereocenters.